The molecule has 0 bridgehead atoms. The topological polar surface area (TPSA) is 25.8 Å². The van der Waals surface area contributed by atoms with Crippen molar-refractivity contribution in [2.24, 2.45) is 0 Å². The summed E-state index contributed by atoms with van der Waals surface area (Å²) in [4.78, 5) is 0. The Morgan fingerprint density at radius 1 is 1.10 bits per heavy atom. The van der Waals surface area contributed by atoms with E-state index in [1.165, 1.54) is 31.4 Å². The van der Waals surface area contributed by atoms with Crippen molar-refractivity contribution in [1.29, 1.82) is 0 Å². The Hall–Kier alpha value is -1.37. The van der Waals surface area contributed by atoms with Gasteiger partial charge in [-0.05, 0) is 24.3 Å². The molecule has 0 amide bonds. The maximum atomic E-state index is 14.0. The van der Waals surface area contributed by atoms with Crippen molar-refractivity contribution in [3.8, 4) is 5.75 Å². The standard InChI is InChI=1S/C13H14F5NO/c1-20-10-5-3-9(4-6-10)11(7-2-8-19-11)12(14,15)13(16,17)18/h3-6,19H,2,7-8H2,1H3/p+1/t11-/m1/s1. The number of halogens is 5. The molecule has 7 heteroatoms. The van der Waals surface area contributed by atoms with Crippen LogP contribution in [0.2, 0.25) is 0 Å². The largest absolute Gasteiger partial charge is 0.497 e. The molecule has 1 atom stereocenters. The fraction of sp³-hybridized carbons (Fsp3) is 0.538. The molecular formula is C13H15F5NO+. The lowest BCUT2D eigenvalue weighted by molar-refractivity contribution is -0.744. The van der Waals surface area contributed by atoms with Gasteiger partial charge in [-0.2, -0.15) is 22.0 Å². The first-order valence-corrected chi connectivity index (χ1v) is 6.18. The number of nitrogens with two attached hydrogens (primary N) is 1. The van der Waals surface area contributed by atoms with E-state index in [1.54, 1.807) is 0 Å². The molecule has 1 saturated heterocycles. The molecule has 2 N–H and O–H groups in total. The van der Waals surface area contributed by atoms with Gasteiger partial charge >= 0.3 is 12.1 Å². The van der Waals surface area contributed by atoms with E-state index in [0.717, 1.165) is 5.32 Å². The highest BCUT2D eigenvalue weighted by Gasteiger charge is 2.74. The van der Waals surface area contributed by atoms with Gasteiger partial charge in [0.15, 0.2) is 5.54 Å². The van der Waals surface area contributed by atoms with Gasteiger partial charge in [0.25, 0.3) is 0 Å². The normalized spacial score (nSPS) is 23.9. The summed E-state index contributed by atoms with van der Waals surface area (Å²) in [6.07, 6.45) is -5.47. The Bertz CT molecular complexity index is 463. The minimum atomic E-state index is -5.58. The number of quaternary nitrogens is 1. The molecule has 1 aromatic rings. The fourth-order valence-corrected chi connectivity index (χ4v) is 2.70. The van der Waals surface area contributed by atoms with E-state index in [4.69, 9.17) is 4.74 Å². The third-order valence-corrected chi connectivity index (χ3v) is 3.79. The van der Waals surface area contributed by atoms with Crippen LogP contribution in [0.15, 0.2) is 24.3 Å². The summed E-state index contributed by atoms with van der Waals surface area (Å²) in [6.45, 7) is 0.248. The number of hydrogen-bond acceptors (Lipinski definition) is 1. The van der Waals surface area contributed by atoms with Crippen LogP contribution in [0.3, 0.4) is 0 Å². The monoisotopic (exact) mass is 296 g/mol. The van der Waals surface area contributed by atoms with Gasteiger partial charge < -0.3 is 10.1 Å². The predicted octanol–water partition coefficient (Wildman–Crippen LogP) is 2.45. The second-order valence-corrected chi connectivity index (χ2v) is 4.87. The molecular weight excluding hydrogens is 281 g/mol. The average Bonchev–Trinajstić information content (AvgIpc) is 2.88. The third kappa shape index (κ3) is 2.13. The van der Waals surface area contributed by atoms with Crippen molar-refractivity contribution in [3.05, 3.63) is 29.8 Å². The summed E-state index contributed by atoms with van der Waals surface area (Å²) >= 11 is 0. The molecule has 0 unspecified atom stereocenters. The van der Waals surface area contributed by atoms with Crippen LogP contribution in [0.5, 0.6) is 5.75 Å². The van der Waals surface area contributed by atoms with Gasteiger partial charge in [0.05, 0.1) is 13.7 Å². The Morgan fingerprint density at radius 2 is 1.70 bits per heavy atom. The highest BCUT2D eigenvalue weighted by Crippen LogP contribution is 2.49. The molecule has 1 aromatic carbocycles. The molecule has 1 aliphatic heterocycles. The van der Waals surface area contributed by atoms with Gasteiger partial charge in [0.1, 0.15) is 5.75 Å². The first kappa shape index (κ1) is 15.0. The molecule has 20 heavy (non-hydrogen) atoms. The molecule has 0 aromatic heterocycles. The van der Waals surface area contributed by atoms with E-state index in [-0.39, 0.29) is 18.5 Å². The lowest BCUT2D eigenvalue weighted by atomic mass is 9.81. The van der Waals surface area contributed by atoms with Crippen LogP contribution < -0.4 is 10.1 Å². The van der Waals surface area contributed by atoms with Crippen molar-refractivity contribution in [1.82, 2.24) is 0 Å². The van der Waals surface area contributed by atoms with E-state index in [9.17, 15) is 22.0 Å². The molecule has 0 saturated carbocycles. The van der Waals surface area contributed by atoms with E-state index in [1.807, 2.05) is 0 Å². The van der Waals surface area contributed by atoms with E-state index in [2.05, 4.69) is 0 Å². The molecule has 2 nitrogen and oxygen atoms in total. The Kier molecular flexibility index (Phi) is 3.66. The SMILES string of the molecule is COc1ccc([C@@]2(C(F)(F)C(F)(F)F)CCC[NH2+]2)cc1. The van der Waals surface area contributed by atoms with Crippen LogP contribution in [-0.2, 0) is 5.54 Å². The predicted molar refractivity (Wildman–Crippen MR) is 61.7 cm³/mol. The second-order valence-electron chi connectivity index (χ2n) is 4.87. The summed E-state index contributed by atoms with van der Waals surface area (Å²) in [7, 11) is 1.40. The minimum absolute atomic E-state index is 0.0295. The zero-order chi connectivity index (χ0) is 15.0. The Morgan fingerprint density at radius 3 is 2.10 bits per heavy atom. The third-order valence-electron chi connectivity index (χ3n) is 3.79. The van der Waals surface area contributed by atoms with Crippen molar-refractivity contribution in [2.45, 2.75) is 30.5 Å². The van der Waals surface area contributed by atoms with Gasteiger partial charge in [-0.3, -0.25) is 0 Å². The van der Waals surface area contributed by atoms with Gasteiger partial charge in [-0.15, -0.1) is 0 Å². The summed E-state index contributed by atoms with van der Waals surface area (Å²) in [5, 5.41) is 1.10. The highest BCUT2D eigenvalue weighted by atomic mass is 19.4. The molecule has 1 heterocycles. The van der Waals surface area contributed by atoms with Crippen molar-refractivity contribution in [3.63, 3.8) is 0 Å². The van der Waals surface area contributed by atoms with Crippen LogP contribution in [0.4, 0.5) is 22.0 Å². The van der Waals surface area contributed by atoms with Gasteiger partial charge in [0, 0.05) is 18.4 Å². The minimum Gasteiger partial charge on any atom is -0.497 e. The quantitative estimate of drug-likeness (QED) is 0.852. The number of methoxy groups -OCH3 is 1. The van der Waals surface area contributed by atoms with Gasteiger partial charge in [-0.25, -0.2) is 0 Å². The zero-order valence-electron chi connectivity index (χ0n) is 10.8. The smallest absolute Gasteiger partial charge is 0.460 e. The first-order chi connectivity index (χ1) is 9.24. The van der Waals surface area contributed by atoms with Crippen molar-refractivity contribution < 1.29 is 32.0 Å². The molecule has 0 radical (unpaired) electrons. The van der Waals surface area contributed by atoms with Crippen LogP contribution in [0, 0.1) is 0 Å². The number of alkyl halides is 5. The summed E-state index contributed by atoms with van der Waals surface area (Å²) in [5.41, 5.74) is -2.31. The maximum Gasteiger partial charge on any atom is 0.460 e. The van der Waals surface area contributed by atoms with Crippen LogP contribution in [-0.4, -0.2) is 25.8 Å². The summed E-state index contributed by atoms with van der Waals surface area (Å²) in [6, 6.07) is 5.35. The first-order valence-electron chi connectivity index (χ1n) is 6.18. The van der Waals surface area contributed by atoms with Crippen LogP contribution >= 0.6 is 0 Å². The van der Waals surface area contributed by atoms with Crippen molar-refractivity contribution >= 4 is 0 Å². The lowest BCUT2D eigenvalue weighted by Gasteiger charge is -2.35. The zero-order valence-corrected chi connectivity index (χ0v) is 10.8. The van der Waals surface area contributed by atoms with Crippen molar-refractivity contribution in [2.75, 3.05) is 13.7 Å². The maximum absolute atomic E-state index is 14.0. The summed E-state index contributed by atoms with van der Waals surface area (Å²) in [5.74, 6) is -4.37. The van der Waals surface area contributed by atoms with Gasteiger partial charge in [0.2, 0.25) is 0 Å². The molecule has 0 spiro atoms. The molecule has 112 valence electrons. The summed E-state index contributed by atoms with van der Waals surface area (Å²) < 4.78 is 71.1. The highest BCUT2D eigenvalue weighted by molar-refractivity contribution is 5.33. The fourth-order valence-electron chi connectivity index (χ4n) is 2.70. The van der Waals surface area contributed by atoms with Crippen LogP contribution in [0.25, 0.3) is 0 Å². The number of ether oxygens (including phenoxy) is 1. The lowest BCUT2D eigenvalue weighted by Crippen LogP contribution is -2.96. The number of hydrogen-bond donors (Lipinski definition) is 1. The molecule has 2 rings (SSSR count). The molecule has 1 fully saturated rings. The van der Waals surface area contributed by atoms with Gasteiger partial charge in [-0.1, -0.05) is 0 Å². The molecule has 0 aliphatic carbocycles. The number of rotatable bonds is 3. The average molecular weight is 296 g/mol. The van der Waals surface area contributed by atoms with Crippen LogP contribution in [0.1, 0.15) is 18.4 Å². The Balaban J connectivity index is 2.49. The second kappa shape index (κ2) is 4.87. The van der Waals surface area contributed by atoms with E-state index >= 15 is 0 Å². The number of benzene rings is 1. The van der Waals surface area contributed by atoms with E-state index in [0.29, 0.717) is 12.2 Å². The van der Waals surface area contributed by atoms with E-state index < -0.39 is 17.6 Å². The Labute approximate surface area is 112 Å². The molecule has 1 aliphatic rings.